The van der Waals surface area contributed by atoms with Crippen LogP contribution in [0.4, 0.5) is 8.78 Å². The summed E-state index contributed by atoms with van der Waals surface area (Å²) >= 11 is 0. The second-order valence-corrected chi connectivity index (χ2v) is 8.07. The average Bonchev–Trinajstić information content (AvgIpc) is 2.93. The van der Waals surface area contributed by atoms with E-state index >= 15 is 0 Å². The minimum absolute atomic E-state index is 0.0503. The minimum Gasteiger partial charge on any atom is -0.435 e. The predicted octanol–water partition coefficient (Wildman–Crippen LogP) is 0.924. The topological polar surface area (TPSA) is 84.9 Å². The number of ether oxygens (including phenoxy) is 2. The molecule has 1 aromatic rings. The molecule has 0 unspecified atom stereocenters. The van der Waals surface area contributed by atoms with Crippen molar-refractivity contribution in [1.82, 2.24) is 9.62 Å². The number of sulfonamides is 1. The highest BCUT2D eigenvalue weighted by molar-refractivity contribution is 7.89. The molecule has 1 fully saturated rings. The second kappa shape index (κ2) is 8.07. The third-order valence-electron chi connectivity index (χ3n) is 3.84. The van der Waals surface area contributed by atoms with Crippen LogP contribution in [0.15, 0.2) is 24.3 Å². The SMILES string of the molecule is CN(C)S(=O)(=O)C[C@@H]1COC[C@@H]1NC(=O)c1ccc(OC(F)F)cc1. The Balaban J connectivity index is 1.99. The summed E-state index contributed by atoms with van der Waals surface area (Å²) in [6, 6.07) is 4.79. The van der Waals surface area contributed by atoms with Gasteiger partial charge >= 0.3 is 6.61 Å². The Labute approximate surface area is 145 Å². The van der Waals surface area contributed by atoms with Gasteiger partial charge in [0.05, 0.1) is 25.0 Å². The van der Waals surface area contributed by atoms with Crippen molar-refractivity contribution in [2.75, 3.05) is 33.1 Å². The van der Waals surface area contributed by atoms with Crippen molar-refractivity contribution >= 4 is 15.9 Å². The number of carbonyl (C=O) groups is 1. The maximum Gasteiger partial charge on any atom is 0.387 e. The smallest absolute Gasteiger partial charge is 0.387 e. The molecule has 1 aromatic carbocycles. The minimum atomic E-state index is -3.42. The average molecular weight is 378 g/mol. The summed E-state index contributed by atoms with van der Waals surface area (Å²) in [7, 11) is -0.525. The Morgan fingerprint density at radius 3 is 2.52 bits per heavy atom. The van der Waals surface area contributed by atoms with E-state index in [4.69, 9.17) is 4.74 Å². The zero-order valence-electron chi connectivity index (χ0n) is 13.8. The number of rotatable bonds is 7. The van der Waals surface area contributed by atoms with Gasteiger partial charge in [-0.3, -0.25) is 4.79 Å². The van der Waals surface area contributed by atoms with E-state index in [2.05, 4.69) is 10.1 Å². The predicted molar refractivity (Wildman–Crippen MR) is 86.1 cm³/mol. The Morgan fingerprint density at radius 1 is 1.32 bits per heavy atom. The van der Waals surface area contributed by atoms with Gasteiger partial charge in [0.2, 0.25) is 10.0 Å². The van der Waals surface area contributed by atoms with E-state index < -0.39 is 28.6 Å². The molecule has 2 atom stereocenters. The monoisotopic (exact) mass is 378 g/mol. The Kier molecular flexibility index (Phi) is 6.31. The normalized spacial score (nSPS) is 20.9. The van der Waals surface area contributed by atoms with Crippen LogP contribution < -0.4 is 10.1 Å². The van der Waals surface area contributed by atoms with E-state index in [1.165, 1.54) is 38.4 Å². The first-order valence-corrected chi connectivity index (χ1v) is 9.13. The van der Waals surface area contributed by atoms with Gasteiger partial charge in [0.15, 0.2) is 0 Å². The number of carbonyl (C=O) groups excluding carboxylic acids is 1. The molecule has 0 radical (unpaired) electrons. The molecular formula is C15H20F2N2O5S. The van der Waals surface area contributed by atoms with Gasteiger partial charge in [-0.1, -0.05) is 0 Å². The molecule has 1 heterocycles. The van der Waals surface area contributed by atoms with E-state index in [1.54, 1.807) is 0 Å². The van der Waals surface area contributed by atoms with Gasteiger partial charge in [0.25, 0.3) is 5.91 Å². The molecule has 0 spiro atoms. The lowest BCUT2D eigenvalue weighted by Crippen LogP contribution is -2.43. The molecule has 1 N–H and O–H groups in total. The maximum atomic E-state index is 12.3. The van der Waals surface area contributed by atoms with Crippen molar-refractivity contribution in [3.8, 4) is 5.75 Å². The molecule has 25 heavy (non-hydrogen) atoms. The molecule has 1 amide bonds. The molecule has 7 nitrogen and oxygen atoms in total. The van der Waals surface area contributed by atoms with E-state index in [0.717, 1.165) is 4.31 Å². The summed E-state index contributed by atoms with van der Waals surface area (Å²) in [5.74, 6) is -0.985. The number of hydrogen-bond acceptors (Lipinski definition) is 5. The van der Waals surface area contributed by atoms with Gasteiger partial charge in [0, 0.05) is 25.6 Å². The number of nitrogens with one attached hydrogen (secondary N) is 1. The van der Waals surface area contributed by atoms with Crippen molar-refractivity contribution in [3.63, 3.8) is 0 Å². The first-order valence-electron chi connectivity index (χ1n) is 7.52. The lowest BCUT2D eigenvalue weighted by atomic mass is 10.1. The van der Waals surface area contributed by atoms with Crippen LogP contribution in [0.2, 0.25) is 0 Å². The van der Waals surface area contributed by atoms with Gasteiger partial charge in [-0.2, -0.15) is 8.78 Å². The molecule has 0 aromatic heterocycles. The van der Waals surface area contributed by atoms with Crippen LogP contribution in [0.25, 0.3) is 0 Å². The zero-order chi connectivity index (χ0) is 18.6. The van der Waals surface area contributed by atoms with Gasteiger partial charge in [-0.05, 0) is 24.3 Å². The van der Waals surface area contributed by atoms with Crippen LogP contribution >= 0.6 is 0 Å². The molecule has 1 aliphatic rings. The number of nitrogens with zero attached hydrogens (tertiary/aromatic N) is 1. The molecule has 140 valence electrons. The van der Waals surface area contributed by atoms with Gasteiger partial charge in [-0.15, -0.1) is 0 Å². The number of halogens is 2. The summed E-state index contributed by atoms with van der Waals surface area (Å²) in [4.78, 5) is 12.3. The first kappa shape index (κ1) is 19.5. The molecule has 2 rings (SSSR count). The summed E-state index contributed by atoms with van der Waals surface area (Å²) in [5, 5.41) is 2.73. The van der Waals surface area contributed by atoms with Crippen LogP contribution in [-0.4, -0.2) is 64.3 Å². The Bertz CT molecular complexity index is 694. The Hall–Kier alpha value is -1.78. The quantitative estimate of drug-likeness (QED) is 0.763. The van der Waals surface area contributed by atoms with Crippen molar-refractivity contribution in [2.24, 2.45) is 5.92 Å². The first-order chi connectivity index (χ1) is 11.7. The van der Waals surface area contributed by atoms with Crippen molar-refractivity contribution in [1.29, 1.82) is 0 Å². The Morgan fingerprint density at radius 2 is 1.96 bits per heavy atom. The molecule has 1 aliphatic heterocycles. The molecular weight excluding hydrogens is 358 g/mol. The van der Waals surface area contributed by atoms with Crippen LogP contribution in [0.5, 0.6) is 5.75 Å². The third kappa shape index (κ3) is 5.35. The molecule has 10 heteroatoms. The van der Waals surface area contributed by atoms with E-state index in [0.29, 0.717) is 0 Å². The van der Waals surface area contributed by atoms with Gasteiger partial charge in [0.1, 0.15) is 5.75 Å². The largest absolute Gasteiger partial charge is 0.435 e. The summed E-state index contributed by atoms with van der Waals surface area (Å²) in [6.07, 6.45) is 0. The number of hydrogen-bond donors (Lipinski definition) is 1. The number of alkyl halides is 2. The van der Waals surface area contributed by atoms with E-state index in [1.807, 2.05) is 0 Å². The highest BCUT2D eigenvalue weighted by Gasteiger charge is 2.34. The number of benzene rings is 1. The lowest BCUT2D eigenvalue weighted by Gasteiger charge is -2.21. The maximum absolute atomic E-state index is 12.3. The fraction of sp³-hybridized carbons (Fsp3) is 0.533. The van der Waals surface area contributed by atoms with Gasteiger partial charge in [-0.25, -0.2) is 12.7 Å². The fourth-order valence-corrected chi connectivity index (χ4v) is 3.55. The van der Waals surface area contributed by atoms with Crippen molar-refractivity contribution in [3.05, 3.63) is 29.8 Å². The van der Waals surface area contributed by atoms with Crippen LogP contribution in [0.1, 0.15) is 10.4 Å². The summed E-state index contributed by atoms with van der Waals surface area (Å²) < 4.78 is 58.9. The van der Waals surface area contributed by atoms with E-state index in [-0.39, 0.29) is 36.2 Å². The van der Waals surface area contributed by atoms with E-state index in [9.17, 15) is 22.0 Å². The molecule has 0 aliphatic carbocycles. The van der Waals surface area contributed by atoms with Crippen molar-refractivity contribution < 1.29 is 31.5 Å². The zero-order valence-corrected chi connectivity index (χ0v) is 14.6. The van der Waals surface area contributed by atoms with Gasteiger partial charge < -0.3 is 14.8 Å². The third-order valence-corrected chi connectivity index (χ3v) is 5.80. The van der Waals surface area contributed by atoms with Crippen LogP contribution in [-0.2, 0) is 14.8 Å². The highest BCUT2D eigenvalue weighted by Crippen LogP contribution is 2.19. The molecule has 0 saturated carbocycles. The second-order valence-electron chi connectivity index (χ2n) is 5.84. The fourth-order valence-electron chi connectivity index (χ4n) is 2.38. The standard InChI is InChI=1S/C15H20F2N2O5S/c1-19(2)25(21,22)9-11-7-23-8-13(11)18-14(20)10-3-5-12(6-4-10)24-15(16)17/h3-6,11,13,15H,7-9H2,1-2H3,(H,18,20)/t11-,13-/m0/s1. The highest BCUT2D eigenvalue weighted by atomic mass is 32.2. The summed E-state index contributed by atoms with van der Waals surface area (Å²) in [6.45, 7) is -2.49. The molecule has 0 bridgehead atoms. The van der Waals surface area contributed by atoms with Crippen LogP contribution in [0, 0.1) is 5.92 Å². The number of amides is 1. The summed E-state index contributed by atoms with van der Waals surface area (Å²) in [5.41, 5.74) is 0.253. The van der Waals surface area contributed by atoms with Crippen LogP contribution in [0.3, 0.4) is 0 Å². The lowest BCUT2D eigenvalue weighted by molar-refractivity contribution is -0.0498. The molecule has 1 saturated heterocycles. The van der Waals surface area contributed by atoms with Crippen molar-refractivity contribution in [2.45, 2.75) is 12.7 Å².